The van der Waals surface area contributed by atoms with E-state index in [2.05, 4.69) is 212 Å². The van der Waals surface area contributed by atoms with Crippen LogP contribution in [0.15, 0.2) is 224 Å². The quantitative estimate of drug-likeness (QED) is 0.175. The first kappa shape index (κ1) is 35.0. The third-order valence-electron chi connectivity index (χ3n) is 12.6. The maximum Gasteiger partial charge on any atom is 0.164 e. The Bertz CT molecular complexity index is 3230. The lowest BCUT2D eigenvalue weighted by Crippen LogP contribution is -2.29. The smallest absolute Gasteiger partial charge is 0.164 e. The van der Waals surface area contributed by atoms with Crippen molar-refractivity contribution in [2.75, 3.05) is 0 Å². The molecule has 2 aliphatic rings. The summed E-state index contributed by atoms with van der Waals surface area (Å²) < 4.78 is 0. The van der Waals surface area contributed by atoms with Crippen LogP contribution in [0.5, 0.6) is 0 Å². The Labute approximate surface area is 355 Å². The number of benzene rings is 9. The topological polar surface area (TPSA) is 38.7 Å². The van der Waals surface area contributed by atoms with Crippen LogP contribution in [0, 0.1) is 0 Å². The molecule has 10 aromatic rings. The summed E-state index contributed by atoms with van der Waals surface area (Å²) in [7, 11) is 0. The third kappa shape index (κ3) is 5.55. The van der Waals surface area contributed by atoms with Crippen LogP contribution in [0.3, 0.4) is 0 Å². The molecule has 284 valence electrons. The fourth-order valence-electron chi connectivity index (χ4n) is 9.87. The molecule has 3 heteroatoms. The molecule has 0 amide bonds. The molecule has 12 rings (SSSR count). The van der Waals surface area contributed by atoms with E-state index in [0.29, 0.717) is 17.5 Å². The fraction of sp³-hybridized carbons (Fsp3) is 0.0172. The molecule has 0 radical (unpaired) electrons. The molecule has 3 nitrogen and oxygen atoms in total. The van der Waals surface area contributed by atoms with Gasteiger partial charge in [0.1, 0.15) is 0 Å². The Hall–Kier alpha value is -8.01. The van der Waals surface area contributed by atoms with Gasteiger partial charge < -0.3 is 0 Å². The van der Waals surface area contributed by atoms with Crippen LogP contribution in [0.1, 0.15) is 22.3 Å². The van der Waals surface area contributed by atoms with Crippen LogP contribution >= 0.6 is 0 Å². The van der Waals surface area contributed by atoms with Crippen molar-refractivity contribution in [2.24, 2.45) is 0 Å². The summed E-state index contributed by atoms with van der Waals surface area (Å²) in [5, 5.41) is 0. The van der Waals surface area contributed by atoms with Gasteiger partial charge in [-0.15, -0.1) is 0 Å². The van der Waals surface area contributed by atoms with E-state index in [4.69, 9.17) is 15.0 Å². The summed E-state index contributed by atoms with van der Waals surface area (Å²) in [5.41, 5.74) is 19.3. The highest BCUT2D eigenvalue weighted by Crippen LogP contribution is 2.61. The summed E-state index contributed by atoms with van der Waals surface area (Å²) in [4.78, 5) is 15.7. The summed E-state index contributed by atoms with van der Waals surface area (Å²) in [6.07, 6.45) is 0. The molecule has 0 atom stereocenters. The van der Waals surface area contributed by atoms with Gasteiger partial charge in [-0.25, -0.2) is 15.0 Å². The molecule has 2 aliphatic carbocycles. The molecule has 1 aromatic heterocycles. The summed E-state index contributed by atoms with van der Waals surface area (Å²) in [5.74, 6) is 1.89. The number of nitrogens with zero attached hydrogens (tertiary/aromatic N) is 3. The average Bonchev–Trinajstić information content (AvgIpc) is 3.58. The molecule has 0 saturated heterocycles. The van der Waals surface area contributed by atoms with Gasteiger partial charge in [-0.05, 0) is 90.0 Å². The highest BCUT2D eigenvalue weighted by Gasteiger charge is 2.49. The van der Waals surface area contributed by atoms with Crippen LogP contribution in [-0.2, 0) is 5.41 Å². The van der Waals surface area contributed by atoms with E-state index in [1.165, 1.54) is 61.2 Å². The minimum absolute atomic E-state index is 0.551. The van der Waals surface area contributed by atoms with E-state index in [-0.39, 0.29) is 0 Å². The highest BCUT2D eigenvalue weighted by atomic mass is 15.0. The molecule has 0 bridgehead atoms. The second kappa shape index (κ2) is 14.1. The average molecular weight is 776 g/mol. The second-order valence-corrected chi connectivity index (χ2v) is 15.9. The zero-order valence-electron chi connectivity index (χ0n) is 33.2. The number of hydrogen-bond donors (Lipinski definition) is 0. The predicted octanol–water partition coefficient (Wildman–Crippen LogP) is 14.2. The maximum absolute atomic E-state index is 5.28. The molecule has 0 unspecified atom stereocenters. The summed E-state index contributed by atoms with van der Waals surface area (Å²) in [6.45, 7) is 0. The lowest BCUT2D eigenvalue weighted by Gasteiger charge is -2.35. The van der Waals surface area contributed by atoms with Crippen LogP contribution in [0.25, 0.3) is 89.8 Å². The monoisotopic (exact) mass is 775 g/mol. The van der Waals surface area contributed by atoms with Crippen LogP contribution in [0.2, 0.25) is 0 Å². The first-order chi connectivity index (χ1) is 30.2. The fourth-order valence-corrected chi connectivity index (χ4v) is 9.87. The van der Waals surface area contributed by atoms with E-state index >= 15 is 0 Å². The van der Waals surface area contributed by atoms with Crippen molar-refractivity contribution in [1.29, 1.82) is 0 Å². The largest absolute Gasteiger partial charge is 0.208 e. The second-order valence-electron chi connectivity index (χ2n) is 15.9. The summed E-state index contributed by atoms with van der Waals surface area (Å²) >= 11 is 0. The van der Waals surface area contributed by atoms with Gasteiger partial charge in [0.05, 0.1) is 5.41 Å². The lowest BCUT2D eigenvalue weighted by atomic mass is 9.66. The van der Waals surface area contributed by atoms with Crippen molar-refractivity contribution < 1.29 is 0 Å². The molecule has 0 aliphatic heterocycles. The molecular weight excluding hydrogens is 739 g/mol. The maximum atomic E-state index is 5.28. The number of rotatable bonds is 5. The Morgan fingerprint density at radius 3 is 1.11 bits per heavy atom. The SMILES string of the molecule is c1ccc(-c2ccc(-c3nc(-c4cccc(-c5ccccc5)c4)nc(-c4ccc5c(c4)-c4ccccc4C54c5ccccc5-c5ccccc5-c5ccccc54)n3)cc2)cc1. The number of aromatic nitrogens is 3. The van der Waals surface area contributed by atoms with Gasteiger partial charge in [0.15, 0.2) is 17.5 Å². The Morgan fingerprint density at radius 1 is 0.213 bits per heavy atom. The molecule has 1 heterocycles. The zero-order valence-corrected chi connectivity index (χ0v) is 33.2. The van der Waals surface area contributed by atoms with E-state index < -0.39 is 5.41 Å². The van der Waals surface area contributed by atoms with Crippen LogP contribution in [-0.4, -0.2) is 15.0 Å². The highest BCUT2D eigenvalue weighted by molar-refractivity contribution is 5.97. The first-order valence-corrected chi connectivity index (χ1v) is 20.9. The minimum Gasteiger partial charge on any atom is -0.208 e. The molecular formula is C58H37N3. The van der Waals surface area contributed by atoms with Gasteiger partial charge in [-0.3, -0.25) is 0 Å². The summed E-state index contributed by atoms with van der Waals surface area (Å²) in [6, 6.07) is 80.6. The molecule has 61 heavy (non-hydrogen) atoms. The number of fused-ring (bicyclic) bond motifs is 12. The molecule has 0 N–H and O–H groups in total. The van der Waals surface area contributed by atoms with Crippen molar-refractivity contribution in [3.63, 3.8) is 0 Å². The zero-order chi connectivity index (χ0) is 40.3. The Morgan fingerprint density at radius 2 is 0.557 bits per heavy atom. The van der Waals surface area contributed by atoms with Gasteiger partial charge in [0, 0.05) is 16.7 Å². The van der Waals surface area contributed by atoms with Crippen molar-refractivity contribution in [2.45, 2.75) is 5.41 Å². The van der Waals surface area contributed by atoms with Crippen molar-refractivity contribution in [1.82, 2.24) is 15.0 Å². The molecule has 0 fully saturated rings. The Kier molecular flexibility index (Phi) is 8.07. The van der Waals surface area contributed by atoms with E-state index in [1.54, 1.807) is 0 Å². The van der Waals surface area contributed by atoms with E-state index in [1.807, 2.05) is 12.1 Å². The van der Waals surface area contributed by atoms with E-state index in [9.17, 15) is 0 Å². The van der Waals surface area contributed by atoms with E-state index in [0.717, 1.165) is 33.4 Å². The van der Waals surface area contributed by atoms with Crippen molar-refractivity contribution in [3.05, 3.63) is 247 Å². The normalized spacial score (nSPS) is 12.7. The first-order valence-electron chi connectivity index (χ1n) is 20.9. The minimum atomic E-state index is -0.551. The van der Waals surface area contributed by atoms with Gasteiger partial charge in [-0.2, -0.15) is 0 Å². The molecule has 9 aromatic carbocycles. The van der Waals surface area contributed by atoms with Crippen molar-refractivity contribution in [3.8, 4) is 89.8 Å². The van der Waals surface area contributed by atoms with Crippen LogP contribution in [0.4, 0.5) is 0 Å². The van der Waals surface area contributed by atoms with Gasteiger partial charge in [0.25, 0.3) is 0 Å². The van der Waals surface area contributed by atoms with Crippen LogP contribution < -0.4 is 0 Å². The van der Waals surface area contributed by atoms with Gasteiger partial charge in [0.2, 0.25) is 0 Å². The standard InChI is InChI=1S/C58H37N3/c1-3-16-38(17-4-1)40-30-32-41(33-31-40)55-59-56(43-21-15-20-42(36-43)39-18-5-2-6-19-39)61-57(60-55)44-34-35-54-50(37-44)49-26-11-14-29-53(49)58(54)51-27-12-9-24-47(51)45-22-7-8-23-46(45)48-25-10-13-28-52(48)58/h1-37H. The predicted molar refractivity (Wildman–Crippen MR) is 249 cm³/mol. The lowest BCUT2D eigenvalue weighted by molar-refractivity contribution is 0.775. The van der Waals surface area contributed by atoms with Gasteiger partial charge in [-0.1, -0.05) is 212 Å². The third-order valence-corrected chi connectivity index (χ3v) is 12.6. The number of hydrogen-bond acceptors (Lipinski definition) is 3. The molecule has 0 saturated carbocycles. The molecule has 1 spiro atoms. The van der Waals surface area contributed by atoms with Crippen molar-refractivity contribution >= 4 is 0 Å². The van der Waals surface area contributed by atoms with Gasteiger partial charge >= 0.3 is 0 Å². The Balaban J connectivity index is 1.07.